The summed E-state index contributed by atoms with van der Waals surface area (Å²) in [6.07, 6.45) is 6.49. The van der Waals surface area contributed by atoms with Gasteiger partial charge in [0, 0.05) is 6.42 Å². The Balaban J connectivity index is 2.55. The summed E-state index contributed by atoms with van der Waals surface area (Å²) >= 11 is 0. The van der Waals surface area contributed by atoms with Crippen LogP contribution < -0.4 is 0 Å². The summed E-state index contributed by atoms with van der Waals surface area (Å²) in [7, 11) is 0. The van der Waals surface area contributed by atoms with Crippen molar-refractivity contribution < 1.29 is 14.3 Å². The molecule has 0 N–H and O–H groups in total. The van der Waals surface area contributed by atoms with Gasteiger partial charge >= 0.3 is 5.97 Å². The van der Waals surface area contributed by atoms with E-state index in [0.29, 0.717) is 13.0 Å². The minimum Gasteiger partial charge on any atom is -0.435 e. The number of esters is 1. The van der Waals surface area contributed by atoms with Crippen molar-refractivity contribution in [3.63, 3.8) is 0 Å². The largest absolute Gasteiger partial charge is 0.435 e. The summed E-state index contributed by atoms with van der Waals surface area (Å²) in [6, 6.07) is 10.2. The predicted molar refractivity (Wildman–Crippen MR) is 94.1 cm³/mol. The Bertz CT molecular complexity index is 481. The zero-order valence-electron chi connectivity index (χ0n) is 14.9. The van der Waals surface area contributed by atoms with E-state index in [1.807, 2.05) is 51.1 Å². The monoisotopic (exact) mass is 318 g/mol. The SMILES string of the molecule is C/C=C/C(C)(CC)C(=O)OC(CCC)OCCc1ccccc1. The summed E-state index contributed by atoms with van der Waals surface area (Å²) in [4.78, 5) is 12.5. The van der Waals surface area contributed by atoms with E-state index in [1.54, 1.807) is 0 Å². The standard InChI is InChI=1S/C20H30O3/c1-5-11-18(22-16-14-17-12-9-8-10-13-17)23-19(21)20(4,7-3)15-6-2/h6,8-10,12-13,15,18H,5,7,11,14,16H2,1-4H3/b15-6+. The lowest BCUT2D eigenvalue weighted by Gasteiger charge is -2.26. The molecular weight excluding hydrogens is 288 g/mol. The summed E-state index contributed by atoms with van der Waals surface area (Å²) in [6.45, 7) is 8.43. The molecule has 0 radical (unpaired) electrons. The molecule has 23 heavy (non-hydrogen) atoms. The molecule has 0 fully saturated rings. The van der Waals surface area contributed by atoms with Gasteiger partial charge in [0.2, 0.25) is 6.29 Å². The molecule has 1 aromatic rings. The van der Waals surface area contributed by atoms with E-state index in [0.717, 1.165) is 19.3 Å². The van der Waals surface area contributed by atoms with Crippen molar-refractivity contribution in [2.24, 2.45) is 5.41 Å². The molecule has 0 saturated heterocycles. The van der Waals surface area contributed by atoms with Gasteiger partial charge in [-0.3, -0.25) is 4.79 Å². The van der Waals surface area contributed by atoms with Crippen LogP contribution in [0.3, 0.4) is 0 Å². The molecule has 0 aliphatic carbocycles. The molecule has 0 aliphatic rings. The number of carbonyl (C=O) groups is 1. The van der Waals surface area contributed by atoms with E-state index in [9.17, 15) is 4.79 Å². The van der Waals surface area contributed by atoms with Crippen LogP contribution in [0, 0.1) is 5.41 Å². The maximum Gasteiger partial charge on any atom is 0.317 e. The first-order chi connectivity index (χ1) is 11.1. The van der Waals surface area contributed by atoms with Gasteiger partial charge in [0.15, 0.2) is 0 Å². The van der Waals surface area contributed by atoms with Gasteiger partial charge in [0.1, 0.15) is 0 Å². The zero-order chi connectivity index (χ0) is 17.1. The molecule has 0 spiro atoms. The van der Waals surface area contributed by atoms with Crippen molar-refractivity contribution >= 4 is 5.97 Å². The van der Waals surface area contributed by atoms with Gasteiger partial charge in [-0.1, -0.05) is 62.8 Å². The summed E-state index contributed by atoms with van der Waals surface area (Å²) in [5.41, 5.74) is 0.644. The first-order valence-corrected chi connectivity index (χ1v) is 8.56. The highest BCUT2D eigenvalue weighted by molar-refractivity contribution is 5.78. The van der Waals surface area contributed by atoms with Crippen molar-refractivity contribution in [2.75, 3.05) is 6.61 Å². The highest BCUT2D eigenvalue weighted by atomic mass is 16.7. The van der Waals surface area contributed by atoms with Gasteiger partial charge < -0.3 is 9.47 Å². The number of carbonyl (C=O) groups excluding carboxylic acids is 1. The lowest BCUT2D eigenvalue weighted by molar-refractivity contribution is -0.188. The van der Waals surface area contributed by atoms with Crippen molar-refractivity contribution in [3.05, 3.63) is 48.0 Å². The Hall–Kier alpha value is -1.61. The molecule has 0 heterocycles. The highest BCUT2D eigenvalue weighted by Crippen LogP contribution is 2.26. The van der Waals surface area contributed by atoms with Crippen LogP contribution >= 0.6 is 0 Å². The lowest BCUT2D eigenvalue weighted by atomic mass is 9.87. The van der Waals surface area contributed by atoms with E-state index >= 15 is 0 Å². The molecule has 2 atom stereocenters. The summed E-state index contributed by atoms with van der Waals surface area (Å²) in [5.74, 6) is -0.212. The van der Waals surface area contributed by atoms with Crippen LogP contribution in [0.25, 0.3) is 0 Å². The zero-order valence-corrected chi connectivity index (χ0v) is 14.9. The molecule has 0 bridgehead atoms. The molecular formula is C20H30O3. The third-order valence-corrected chi connectivity index (χ3v) is 4.04. The van der Waals surface area contributed by atoms with Crippen molar-refractivity contribution in [1.29, 1.82) is 0 Å². The van der Waals surface area contributed by atoms with Crippen LogP contribution in [0.4, 0.5) is 0 Å². The maximum atomic E-state index is 12.5. The second-order valence-electron chi connectivity index (χ2n) is 6.00. The van der Waals surface area contributed by atoms with Crippen molar-refractivity contribution in [3.8, 4) is 0 Å². The molecule has 0 saturated carbocycles. The van der Waals surface area contributed by atoms with Gasteiger partial charge in [-0.05, 0) is 32.3 Å². The number of rotatable bonds is 10. The van der Waals surface area contributed by atoms with Crippen LogP contribution in [0.5, 0.6) is 0 Å². The lowest BCUT2D eigenvalue weighted by Crippen LogP contribution is -2.32. The van der Waals surface area contributed by atoms with E-state index in [4.69, 9.17) is 9.47 Å². The Morgan fingerprint density at radius 1 is 1.26 bits per heavy atom. The van der Waals surface area contributed by atoms with Crippen LogP contribution in [0.2, 0.25) is 0 Å². The van der Waals surface area contributed by atoms with E-state index in [1.165, 1.54) is 5.56 Å². The van der Waals surface area contributed by atoms with Crippen LogP contribution in [-0.2, 0) is 20.7 Å². The van der Waals surface area contributed by atoms with Crippen LogP contribution in [-0.4, -0.2) is 18.9 Å². The van der Waals surface area contributed by atoms with E-state index < -0.39 is 11.7 Å². The Morgan fingerprint density at radius 2 is 1.96 bits per heavy atom. The number of ether oxygens (including phenoxy) is 2. The Labute approximate surface area is 140 Å². The van der Waals surface area contributed by atoms with Gasteiger partial charge in [0.25, 0.3) is 0 Å². The summed E-state index contributed by atoms with van der Waals surface area (Å²) < 4.78 is 11.4. The number of hydrogen-bond donors (Lipinski definition) is 0. The van der Waals surface area contributed by atoms with Crippen molar-refractivity contribution in [1.82, 2.24) is 0 Å². The second-order valence-corrected chi connectivity index (χ2v) is 6.00. The van der Waals surface area contributed by atoms with Gasteiger partial charge in [-0.2, -0.15) is 0 Å². The number of hydrogen-bond acceptors (Lipinski definition) is 3. The first-order valence-electron chi connectivity index (χ1n) is 8.56. The molecule has 3 nitrogen and oxygen atoms in total. The molecule has 2 unspecified atom stereocenters. The third kappa shape index (κ3) is 6.57. The van der Waals surface area contributed by atoms with E-state index in [2.05, 4.69) is 19.1 Å². The Morgan fingerprint density at radius 3 is 2.52 bits per heavy atom. The molecule has 1 rings (SSSR count). The Kier molecular flexibility index (Phi) is 8.64. The third-order valence-electron chi connectivity index (χ3n) is 4.04. The van der Waals surface area contributed by atoms with E-state index in [-0.39, 0.29) is 5.97 Å². The van der Waals surface area contributed by atoms with Gasteiger partial charge in [0.05, 0.1) is 12.0 Å². The smallest absolute Gasteiger partial charge is 0.317 e. The first kappa shape index (κ1) is 19.4. The van der Waals surface area contributed by atoms with Gasteiger partial charge in [-0.25, -0.2) is 0 Å². The average molecular weight is 318 g/mol. The fourth-order valence-corrected chi connectivity index (χ4v) is 2.32. The molecule has 0 aromatic heterocycles. The summed E-state index contributed by atoms with van der Waals surface area (Å²) in [5, 5.41) is 0. The molecule has 0 amide bonds. The molecule has 0 aliphatic heterocycles. The minimum absolute atomic E-state index is 0.212. The highest BCUT2D eigenvalue weighted by Gasteiger charge is 2.31. The average Bonchev–Trinajstić information content (AvgIpc) is 2.56. The number of benzene rings is 1. The molecule has 3 heteroatoms. The number of allylic oxidation sites excluding steroid dienone is 1. The minimum atomic E-state index is -0.580. The predicted octanol–water partition coefficient (Wildman–Crippen LogP) is 4.91. The molecule has 128 valence electrons. The molecule has 1 aromatic carbocycles. The fraction of sp³-hybridized carbons (Fsp3) is 0.550. The van der Waals surface area contributed by atoms with Gasteiger partial charge in [-0.15, -0.1) is 0 Å². The fourth-order valence-electron chi connectivity index (χ4n) is 2.32. The van der Waals surface area contributed by atoms with Crippen LogP contribution in [0.1, 0.15) is 52.5 Å². The topological polar surface area (TPSA) is 35.5 Å². The normalized spacial score (nSPS) is 15.3. The van der Waals surface area contributed by atoms with Crippen molar-refractivity contribution in [2.45, 2.75) is 59.7 Å². The quantitative estimate of drug-likeness (QED) is 0.349. The second kappa shape index (κ2) is 10.2. The van der Waals surface area contributed by atoms with Crippen LogP contribution in [0.15, 0.2) is 42.5 Å². The maximum absolute atomic E-state index is 12.5.